The monoisotopic (exact) mass is 378 g/mol. The molecule has 0 fully saturated rings. The summed E-state index contributed by atoms with van der Waals surface area (Å²) >= 11 is 1.08. The van der Waals surface area contributed by atoms with Crippen LogP contribution < -0.4 is 10.6 Å². The highest BCUT2D eigenvalue weighted by Crippen LogP contribution is 2.34. The van der Waals surface area contributed by atoms with Crippen LogP contribution in [0.25, 0.3) is 0 Å². The van der Waals surface area contributed by atoms with Crippen LogP contribution in [0.3, 0.4) is 0 Å². The Morgan fingerprint density at radius 3 is 2.65 bits per heavy atom. The maximum atomic E-state index is 12.3. The third kappa shape index (κ3) is 4.59. The lowest BCUT2D eigenvalue weighted by molar-refractivity contribution is -0.115. The summed E-state index contributed by atoms with van der Waals surface area (Å²) < 4.78 is 10.3. The molecule has 1 amide bonds. The van der Waals surface area contributed by atoms with Crippen molar-refractivity contribution in [3.05, 3.63) is 40.2 Å². The van der Waals surface area contributed by atoms with E-state index < -0.39 is 5.97 Å². The predicted molar refractivity (Wildman–Crippen MR) is 98.8 cm³/mol. The number of ether oxygens (including phenoxy) is 1. The molecule has 140 valence electrons. The van der Waals surface area contributed by atoms with Gasteiger partial charge in [-0.15, -0.1) is 11.3 Å². The zero-order valence-corrected chi connectivity index (χ0v) is 16.0. The number of amides is 1. The molecule has 7 nitrogen and oxygen atoms in total. The molecule has 0 saturated heterocycles. The van der Waals surface area contributed by atoms with Gasteiger partial charge in [0.2, 0.25) is 5.91 Å². The molecule has 0 aliphatic heterocycles. The number of anilines is 1. The van der Waals surface area contributed by atoms with Crippen LogP contribution in [-0.4, -0.2) is 30.8 Å². The van der Waals surface area contributed by atoms with Crippen LogP contribution in [0.15, 0.2) is 22.8 Å². The summed E-state index contributed by atoms with van der Waals surface area (Å²) in [6.07, 6.45) is 1.57. The van der Waals surface area contributed by atoms with Crippen molar-refractivity contribution in [1.82, 2.24) is 5.32 Å². The number of carbonyl (C=O) groups excluding carboxylic acids is 3. The third-order valence-electron chi connectivity index (χ3n) is 3.74. The van der Waals surface area contributed by atoms with E-state index in [0.717, 1.165) is 17.1 Å². The molecule has 2 aromatic rings. The van der Waals surface area contributed by atoms with E-state index in [1.54, 1.807) is 26.2 Å². The smallest absolute Gasteiger partial charge is 0.341 e. The fourth-order valence-corrected chi connectivity index (χ4v) is 3.55. The molecule has 0 spiro atoms. The first-order valence-electron chi connectivity index (χ1n) is 8.23. The number of esters is 1. The number of Topliss-reactive ketones (excluding diaryl/α,β-unsaturated/α-hetero) is 1. The maximum absolute atomic E-state index is 12.3. The van der Waals surface area contributed by atoms with Gasteiger partial charge in [-0.2, -0.15) is 0 Å². The topological polar surface area (TPSA) is 97.6 Å². The maximum Gasteiger partial charge on any atom is 0.341 e. The zero-order chi connectivity index (χ0) is 19.3. The summed E-state index contributed by atoms with van der Waals surface area (Å²) in [7, 11) is 0. The van der Waals surface area contributed by atoms with E-state index in [1.807, 2.05) is 13.0 Å². The highest BCUT2D eigenvalue weighted by atomic mass is 32.1. The predicted octanol–water partition coefficient (Wildman–Crippen LogP) is 3.32. The minimum absolute atomic E-state index is 0.0243. The van der Waals surface area contributed by atoms with Crippen molar-refractivity contribution >= 4 is 34.0 Å². The second-order valence-electron chi connectivity index (χ2n) is 5.70. The summed E-state index contributed by atoms with van der Waals surface area (Å²) in [5.41, 5.74) is 0.752. The molecule has 0 aliphatic carbocycles. The standard InChI is InChI=1S/C18H22N2O5S/c1-5-24-18(23)15-10(2)16(12(4)21)26-17(15)20-14(22)9-19-11(3)13-7-6-8-25-13/h6-8,11,19H,5,9H2,1-4H3,(H,20,22)/t11-/m0/s1. The summed E-state index contributed by atoms with van der Waals surface area (Å²) in [5.74, 6) is -0.328. The van der Waals surface area contributed by atoms with Gasteiger partial charge in [0.1, 0.15) is 10.8 Å². The molecular weight excluding hydrogens is 356 g/mol. The molecule has 26 heavy (non-hydrogen) atoms. The highest BCUT2D eigenvalue weighted by Gasteiger charge is 2.25. The van der Waals surface area contributed by atoms with E-state index >= 15 is 0 Å². The van der Waals surface area contributed by atoms with E-state index in [2.05, 4.69) is 10.6 Å². The van der Waals surface area contributed by atoms with Crippen LogP contribution in [0.1, 0.15) is 58.2 Å². The largest absolute Gasteiger partial charge is 0.468 e. The molecular formula is C18H22N2O5S. The Hall–Kier alpha value is -2.45. The summed E-state index contributed by atoms with van der Waals surface area (Å²) in [6.45, 7) is 6.90. The number of furan rings is 1. The molecule has 2 aromatic heterocycles. The van der Waals surface area contributed by atoms with Crippen molar-refractivity contribution in [3.63, 3.8) is 0 Å². The fraction of sp³-hybridized carbons (Fsp3) is 0.389. The van der Waals surface area contributed by atoms with Gasteiger partial charge in [0, 0.05) is 0 Å². The molecule has 1 atom stereocenters. The van der Waals surface area contributed by atoms with Gasteiger partial charge < -0.3 is 14.5 Å². The molecule has 2 N–H and O–H groups in total. The quantitative estimate of drug-likeness (QED) is 0.540. The average molecular weight is 378 g/mol. The Balaban J connectivity index is 2.11. The van der Waals surface area contributed by atoms with E-state index in [9.17, 15) is 14.4 Å². The Kier molecular flexibility index (Phi) is 6.70. The van der Waals surface area contributed by atoms with Crippen molar-refractivity contribution in [1.29, 1.82) is 0 Å². The second-order valence-corrected chi connectivity index (χ2v) is 6.72. The first-order valence-corrected chi connectivity index (χ1v) is 9.04. The number of hydrogen-bond donors (Lipinski definition) is 2. The summed E-state index contributed by atoms with van der Waals surface area (Å²) in [6, 6.07) is 3.45. The van der Waals surface area contributed by atoms with Gasteiger partial charge >= 0.3 is 5.97 Å². The lowest BCUT2D eigenvalue weighted by Gasteiger charge is -2.11. The normalized spacial score (nSPS) is 11.8. The minimum atomic E-state index is -0.555. The van der Waals surface area contributed by atoms with Gasteiger partial charge in [-0.05, 0) is 45.4 Å². The number of thiophene rings is 1. The van der Waals surface area contributed by atoms with Crippen LogP contribution in [0.5, 0.6) is 0 Å². The number of hydrogen-bond acceptors (Lipinski definition) is 7. The lowest BCUT2D eigenvalue weighted by Crippen LogP contribution is -2.30. The Bertz CT molecular complexity index is 795. The van der Waals surface area contributed by atoms with Gasteiger partial charge in [-0.1, -0.05) is 0 Å². The van der Waals surface area contributed by atoms with Crippen LogP contribution in [0.2, 0.25) is 0 Å². The molecule has 0 aliphatic rings. The lowest BCUT2D eigenvalue weighted by atomic mass is 10.1. The number of carbonyl (C=O) groups is 3. The molecule has 0 saturated carbocycles. The molecule has 0 bridgehead atoms. The van der Waals surface area contributed by atoms with Crippen LogP contribution >= 0.6 is 11.3 Å². The highest BCUT2D eigenvalue weighted by molar-refractivity contribution is 7.18. The van der Waals surface area contributed by atoms with Gasteiger partial charge in [0.25, 0.3) is 0 Å². The molecule has 0 radical (unpaired) electrons. The summed E-state index contributed by atoms with van der Waals surface area (Å²) in [5, 5.41) is 6.06. The molecule has 0 aromatic carbocycles. The van der Waals surface area contributed by atoms with E-state index in [4.69, 9.17) is 9.15 Å². The molecule has 8 heteroatoms. The van der Waals surface area contributed by atoms with Gasteiger partial charge in [-0.25, -0.2) is 4.79 Å². The van der Waals surface area contributed by atoms with E-state index in [-0.39, 0.29) is 36.4 Å². The number of nitrogens with one attached hydrogen (secondary N) is 2. The summed E-state index contributed by atoms with van der Waals surface area (Å²) in [4.78, 5) is 36.7. The molecule has 2 heterocycles. The van der Waals surface area contributed by atoms with Crippen LogP contribution in [0.4, 0.5) is 5.00 Å². The fourth-order valence-electron chi connectivity index (χ4n) is 2.44. The zero-order valence-electron chi connectivity index (χ0n) is 15.2. The van der Waals surface area contributed by atoms with Crippen LogP contribution in [-0.2, 0) is 9.53 Å². The van der Waals surface area contributed by atoms with Crippen molar-refractivity contribution in [2.75, 3.05) is 18.5 Å². The average Bonchev–Trinajstić information content (AvgIpc) is 3.21. The van der Waals surface area contributed by atoms with Gasteiger partial charge in [0.15, 0.2) is 5.78 Å². The van der Waals surface area contributed by atoms with Gasteiger partial charge in [0.05, 0.1) is 35.9 Å². The van der Waals surface area contributed by atoms with E-state index in [1.165, 1.54) is 6.92 Å². The van der Waals surface area contributed by atoms with E-state index in [0.29, 0.717) is 15.4 Å². The first-order chi connectivity index (χ1) is 12.3. The van der Waals surface area contributed by atoms with Crippen LogP contribution in [0, 0.1) is 6.92 Å². The van der Waals surface area contributed by atoms with Crippen molar-refractivity contribution in [2.24, 2.45) is 0 Å². The van der Waals surface area contributed by atoms with Crippen molar-refractivity contribution in [2.45, 2.75) is 33.7 Å². The number of ketones is 1. The Labute approximate surface area is 155 Å². The SMILES string of the molecule is CCOC(=O)c1c(NC(=O)CN[C@@H](C)c2ccco2)sc(C(C)=O)c1C. The Morgan fingerprint density at radius 2 is 2.08 bits per heavy atom. The first kappa shape index (κ1) is 19.9. The minimum Gasteiger partial charge on any atom is -0.468 e. The number of rotatable bonds is 8. The van der Waals surface area contributed by atoms with Crippen molar-refractivity contribution < 1.29 is 23.5 Å². The third-order valence-corrected chi connectivity index (χ3v) is 5.05. The van der Waals surface area contributed by atoms with Crippen molar-refractivity contribution in [3.8, 4) is 0 Å². The molecule has 0 unspecified atom stereocenters. The van der Waals surface area contributed by atoms with Gasteiger partial charge in [-0.3, -0.25) is 14.9 Å². The Morgan fingerprint density at radius 1 is 1.35 bits per heavy atom. The molecule has 2 rings (SSSR count). The second kappa shape index (κ2) is 8.77.